The highest BCUT2D eigenvalue weighted by Gasteiger charge is 2.32. The third-order valence-electron chi connectivity index (χ3n) is 4.23. The van der Waals surface area contributed by atoms with Gasteiger partial charge in [-0.25, -0.2) is 0 Å². The second kappa shape index (κ2) is 8.32. The van der Waals surface area contributed by atoms with Crippen molar-refractivity contribution in [3.63, 3.8) is 0 Å². The van der Waals surface area contributed by atoms with E-state index in [-0.39, 0.29) is 18.3 Å². The van der Waals surface area contributed by atoms with Gasteiger partial charge in [0.05, 0.1) is 0 Å². The summed E-state index contributed by atoms with van der Waals surface area (Å²) in [7, 11) is 1.80. The average molecular weight is 347 g/mol. The lowest BCUT2D eigenvalue weighted by Gasteiger charge is -2.29. The number of halogens is 1. The first-order chi connectivity index (χ1) is 10.8. The lowest BCUT2D eigenvalue weighted by atomic mass is 9.91. The zero-order valence-electron chi connectivity index (χ0n) is 14.8. The van der Waals surface area contributed by atoms with Gasteiger partial charge >= 0.3 is 0 Å². The number of rotatable bonds is 5. The number of likely N-dealkylation sites (N-methyl/N-ethyl adjacent to an activating group) is 1. The Kier molecular flexibility index (Phi) is 7.00. The Labute approximate surface area is 151 Å². The highest BCUT2D eigenvalue weighted by atomic mass is 35.5. The van der Waals surface area contributed by atoms with Crippen molar-refractivity contribution in [2.45, 2.75) is 38.8 Å². The molecule has 1 atom stereocenters. The molecule has 130 valence electrons. The van der Waals surface area contributed by atoms with E-state index in [1.165, 1.54) is 5.56 Å². The lowest BCUT2D eigenvalue weighted by Crippen LogP contribution is -2.49. The first-order valence-electron chi connectivity index (χ1n) is 8.01. The molecule has 2 N–H and O–H groups in total. The summed E-state index contributed by atoms with van der Waals surface area (Å²) in [4.78, 5) is 14.4. The molecule has 0 bridgehead atoms. The average Bonchev–Trinajstić information content (AvgIpc) is 2.55. The second-order valence-corrected chi connectivity index (χ2v) is 6.63. The number of carbonyl (C=O) groups excluding carboxylic acids is 1. The number of carbonyl (C=O) groups is 1. The summed E-state index contributed by atoms with van der Waals surface area (Å²) < 4.78 is 0. The van der Waals surface area contributed by atoms with E-state index in [1.807, 2.05) is 30.3 Å². The fraction of sp³-hybridized carbons (Fsp3) is 0.350. The molecule has 0 aliphatic heterocycles. The molecule has 0 saturated carbocycles. The van der Waals surface area contributed by atoms with E-state index < -0.39 is 5.54 Å². The Morgan fingerprint density at radius 3 is 2.12 bits per heavy atom. The molecular weight excluding hydrogens is 320 g/mol. The summed E-state index contributed by atoms with van der Waals surface area (Å²) in [5.41, 5.74) is 8.52. The zero-order valence-corrected chi connectivity index (χ0v) is 15.6. The summed E-state index contributed by atoms with van der Waals surface area (Å²) in [5.74, 6) is 0.422. The molecule has 3 nitrogen and oxygen atoms in total. The molecule has 1 unspecified atom stereocenters. The molecule has 0 aliphatic carbocycles. The maximum atomic E-state index is 12.7. The third-order valence-corrected chi connectivity index (χ3v) is 4.23. The van der Waals surface area contributed by atoms with Crippen LogP contribution in [0.1, 0.15) is 43.4 Å². The van der Waals surface area contributed by atoms with Gasteiger partial charge in [-0.1, -0.05) is 68.4 Å². The van der Waals surface area contributed by atoms with Gasteiger partial charge in [0.1, 0.15) is 5.54 Å². The second-order valence-electron chi connectivity index (χ2n) is 6.63. The zero-order chi connectivity index (χ0) is 17.0. The summed E-state index contributed by atoms with van der Waals surface area (Å²) in [5, 5.41) is 0. The lowest BCUT2D eigenvalue weighted by molar-refractivity contribution is -0.136. The Balaban J connectivity index is 0.00000288. The van der Waals surface area contributed by atoms with Crippen molar-refractivity contribution in [2.24, 2.45) is 5.73 Å². The molecular formula is C20H27ClN2O. The quantitative estimate of drug-likeness (QED) is 0.887. The first kappa shape index (κ1) is 20.2. The van der Waals surface area contributed by atoms with Crippen LogP contribution in [0.3, 0.4) is 0 Å². The highest BCUT2D eigenvalue weighted by molar-refractivity contribution is 5.86. The van der Waals surface area contributed by atoms with E-state index >= 15 is 0 Å². The number of nitrogens with zero attached hydrogens (tertiary/aromatic N) is 1. The SMILES string of the molecule is CC(C)c1ccc(CN(C)C(=O)C(C)(N)c2ccccc2)cc1.Cl. The number of nitrogens with two attached hydrogens (primary N) is 1. The van der Waals surface area contributed by atoms with Crippen molar-refractivity contribution in [2.75, 3.05) is 7.05 Å². The minimum absolute atomic E-state index is 0. The van der Waals surface area contributed by atoms with Gasteiger partial charge in [0, 0.05) is 13.6 Å². The van der Waals surface area contributed by atoms with Crippen molar-refractivity contribution in [3.8, 4) is 0 Å². The molecule has 2 rings (SSSR count). The molecule has 0 fully saturated rings. The predicted molar refractivity (Wildman–Crippen MR) is 102 cm³/mol. The fourth-order valence-corrected chi connectivity index (χ4v) is 2.66. The minimum atomic E-state index is -1.02. The first-order valence-corrected chi connectivity index (χ1v) is 8.01. The monoisotopic (exact) mass is 346 g/mol. The molecule has 0 aromatic heterocycles. The molecule has 0 aliphatic rings. The predicted octanol–water partition coefficient (Wildman–Crippen LogP) is 4.06. The normalized spacial score (nSPS) is 13.1. The van der Waals surface area contributed by atoms with Crippen molar-refractivity contribution in [3.05, 3.63) is 71.3 Å². The van der Waals surface area contributed by atoms with Crippen LogP contribution in [0.4, 0.5) is 0 Å². The largest absolute Gasteiger partial charge is 0.340 e. The summed E-state index contributed by atoms with van der Waals surface area (Å²) in [6.07, 6.45) is 0. The number of hydrogen-bond donors (Lipinski definition) is 1. The summed E-state index contributed by atoms with van der Waals surface area (Å²) >= 11 is 0. The van der Waals surface area contributed by atoms with Gasteiger partial charge in [-0.2, -0.15) is 0 Å². The van der Waals surface area contributed by atoms with Gasteiger partial charge in [0.25, 0.3) is 0 Å². The van der Waals surface area contributed by atoms with Crippen molar-refractivity contribution < 1.29 is 4.79 Å². The van der Waals surface area contributed by atoms with E-state index in [9.17, 15) is 4.79 Å². The Bertz CT molecular complexity index is 651. The molecule has 2 aromatic rings. The Hall–Kier alpha value is -1.84. The minimum Gasteiger partial charge on any atom is -0.340 e. The van der Waals surface area contributed by atoms with Gasteiger partial charge in [-0.05, 0) is 29.5 Å². The number of hydrogen-bond acceptors (Lipinski definition) is 2. The van der Waals surface area contributed by atoms with Crippen LogP contribution in [-0.4, -0.2) is 17.9 Å². The van der Waals surface area contributed by atoms with Gasteiger partial charge in [0.15, 0.2) is 0 Å². The van der Waals surface area contributed by atoms with Crippen LogP contribution in [0.25, 0.3) is 0 Å². The van der Waals surface area contributed by atoms with E-state index in [1.54, 1.807) is 18.9 Å². The fourth-order valence-electron chi connectivity index (χ4n) is 2.66. The molecule has 0 saturated heterocycles. The van der Waals surface area contributed by atoms with E-state index in [0.29, 0.717) is 12.5 Å². The van der Waals surface area contributed by atoms with Crippen LogP contribution in [0.5, 0.6) is 0 Å². The molecule has 0 spiro atoms. The van der Waals surface area contributed by atoms with Crippen LogP contribution in [0.2, 0.25) is 0 Å². The van der Waals surface area contributed by atoms with Gasteiger partial charge < -0.3 is 10.6 Å². The third kappa shape index (κ3) is 4.59. The molecule has 2 aromatic carbocycles. The summed E-state index contributed by atoms with van der Waals surface area (Å²) in [6.45, 7) is 6.66. The Morgan fingerprint density at radius 1 is 1.08 bits per heavy atom. The van der Waals surface area contributed by atoms with Gasteiger partial charge in [0.2, 0.25) is 5.91 Å². The van der Waals surface area contributed by atoms with E-state index in [4.69, 9.17) is 5.73 Å². The number of benzene rings is 2. The summed E-state index contributed by atoms with van der Waals surface area (Å²) in [6, 6.07) is 17.9. The van der Waals surface area contributed by atoms with Gasteiger partial charge in [-0.3, -0.25) is 4.79 Å². The van der Waals surface area contributed by atoms with E-state index in [0.717, 1.165) is 11.1 Å². The smallest absolute Gasteiger partial charge is 0.247 e. The van der Waals surface area contributed by atoms with Crippen molar-refractivity contribution >= 4 is 18.3 Å². The number of amides is 1. The van der Waals surface area contributed by atoms with Crippen LogP contribution < -0.4 is 5.73 Å². The van der Waals surface area contributed by atoms with Gasteiger partial charge in [-0.15, -0.1) is 12.4 Å². The molecule has 24 heavy (non-hydrogen) atoms. The maximum absolute atomic E-state index is 12.7. The van der Waals surface area contributed by atoms with Crippen LogP contribution >= 0.6 is 12.4 Å². The van der Waals surface area contributed by atoms with Crippen LogP contribution in [0.15, 0.2) is 54.6 Å². The van der Waals surface area contributed by atoms with Crippen LogP contribution in [0, 0.1) is 0 Å². The van der Waals surface area contributed by atoms with Crippen LogP contribution in [-0.2, 0) is 16.9 Å². The molecule has 4 heteroatoms. The topological polar surface area (TPSA) is 46.3 Å². The molecule has 0 heterocycles. The van der Waals surface area contributed by atoms with Crippen molar-refractivity contribution in [1.29, 1.82) is 0 Å². The van der Waals surface area contributed by atoms with E-state index in [2.05, 4.69) is 38.1 Å². The standard InChI is InChI=1S/C20H26N2O.ClH/c1-15(2)17-12-10-16(11-13-17)14-22(4)19(23)20(3,21)18-8-6-5-7-9-18;/h5-13,15H,14,21H2,1-4H3;1H. The Morgan fingerprint density at radius 2 is 1.62 bits per heavy atom. The highest BCUT2D eigenvalue weighted by Crippen LogP contribution is 2.21. The molecule has 1 amide bonds. The van der Waals surface area contributed by atoms with Crippen molar-refractivity contribution in [1.82, 2.24) is 4.90 Å². The maximum Gasteiger partial charge on any atom is 0.247 e. The molecule has 0 radical (unpaired) electrons.